The number of aromatic nitrogens is 2. The van der Waals surface area contributed by atoms with Crippen LogP contribution in [0.3, 0.4) is 0 Å². The van der Waals surface area contributed by atoms with Crippen LogP contribution >= 0.6 is 0 Å². The van der Waals surface area contributed by atoms with Gasteiger partial charge >= 0.3 is 0 Å². The molecule has 3 nitrogen and oxygen atoms in total. The van der Waals surface area contributed by atoms with E-state index in [0.717, 1.165) is 22.8 Å². The molecule has 1 unspecified atom stereocenters. The van der Waals surface area contributed by atoms with Gasteiger partial charge < -0.3 is 9.67 Å². The fourth-order valence-corrected chi connectivity index (χ4v) is 3.71. The Bertz CT molecular complexity index is 596. The number of rotatable bonds is 4. The Labute approximate surface area is 127 Å². The summed E-state index contributed by atoms with van der Waals surface area (Å²) in [5.74, 6) is 2.33. The maximum atomic E-state index is 10.6. The van der Waals surface area contributed by atoms with E-state index in [9.17, 15) is 5.11 Å². The van der Waals surface area contributed by atoms with E-state index in [1.807, 2.05) is 25.2 Å². The van der Waals surface area contributed by atoms with Crippen molar-refractivity contribution >= 4 is 11.0 Å². The summed E-state index contributed by atoms with van der Waals surface area (Å²) in [5.41, 5.74) is 2.17. The van der Waals surface area contributed by atoms with Crippen LogP contribution < -0.4 is 0 Å². The first-order valence-corrected chi connectivity index (χ1v) is 8.27. The van der Waals surface area contributed by atoms with Crippen molar-refractivity contribution in [1.82, 2.24) is 9.55 Å². The second-order valence-electron chi connectivity index (χ2n) is 6.54. The monoisotopic (exact) mass is 286 g/mol. The molecule has 1 fully saturated rings. The highest BCUT2D eigenvalue weighted by atomic mass is 16.3. The average Bonchev–Trinajstić information content (AvgIpc) is 2.84. The van der Waals surface area contributed by atoms with Gasteiger partial charge in [-0.1, -0.05) is 38.3 Å². The van der Waals surface area contributed by atoms with Crippen molar-refractivity contribution in [3.8, 4) is 0 Å². The molecule has 1 aliphatic rings. The third-order valence-electron chi connectivity index (χ3n) is 5.28. The first-order valence-electron chi connectivity index (χ1n) is 8.27. The van der Waals surface area contributed by atoms with Gasteiger partial charge in [0.15, 0.2) is 0 Å². The Hall–Kier alpha value is -1.35. The van der Waals surface area contributed by atoms with Crippen LogP contribution in [0.25, 0.3) is 11.0 Å². The van der Waals surface area contributed by atoms with Crippen molar-refractivity contribution in [3.05, 3.63) is 30.1 Å². The summed E-state index contributed by atoms with van der Waals surface area (Å²) in [5, 5.41) is 10.6. The predicted molar refractivity (Wildman–Crippen MR) is 86.2 cm³/mol. The van der Waals surface area contributed by atoms with Crippen molar-refractivity contribution in [2.24, 2.45) is 18.9 Å². The van der Waals surface area contributed by atoms with Crippen molar-refractivity contribution < 1.29 is 5.11 Å². The summed E-state index contributed by atoms with van der Waals surface area (Å²) in [4.78, 5) is 4.68. The number of hydrogen-bond acceptors (Lipinski definition) is 2. The Morgan fingerprint density at radius 1 is 1.24 bits per heavy atom. The summed E-state index contributed by atoms with van der Waals surface area (Å²) >= 11 is 0. The Kier molecular flexibility index (Phi) is 4.29. The molecule has 3 rings (SSSR count). The van der Waals surface area contributed by atoms with Crippen LogP contribution in [0.15, 0.2) is 24.3 Å². The number of aliphatic hydroxyl groups excluding tert-OH is 1. The van der Waals surface area contributed by atoms with E-state index in [1.54, 1.807) is 0 Å². The molecule has 3 heteroatoms. The average molecular weight is 286 g/mol. The molecule has 1 aromatic heterocycles. The van der Waals surface area contributed by atoms with Gasteiger partial charge in [-0.15, -0.1) is 0 Å². The van der Waals surface area contributed by atoms with Gasteiger partial charge in [0.05, 0.1) is 17.1 Å². The molecule has 0 aliphatic heterocycles. The number of aliphatic hydroxyl groups is 1. The maximum Gasteiger partial charge on any atom is 0.112 e. The lowest BCUT2D eigenvalue weighted by Crippen LogP contribution is -2.28. The molecule has 0 amide bonds. The van der Waals surface area contributed by atoms with E-state index in [4.69, 9.17) is 0 Å². The maximum absolute atomic E-state index is 10.6. The summed E-state index contributed by atoms with van der Waals surface area (Å²) in [6.07, 6.45) is 6.60. The van der Waals surface area contributed by atoms with Gasteiger partial charge in [-0.2, -0.15) is 0 Å². The smallest absolute Gasteiger partial charge is 0.112 e. The van der Waals surface area contributed by atoms with Gasteiger partial charge in [0.1, 0.15) is 5.82 Å². The molecule has 2 aromatic rings. The van der Waals surface area contributed by atoms with Crippen molar-refractivity contribution in [2.75, 3.05) is 0 Å². The number of para-hydroxylation sites is 2. The minimum atomic E-state index is -0.252. The Balaban J connectivity index is 1.69. The highest BCUT2D eigenvalue weighted by Crippen LogP contribution is 2.33. The van der Waals surface area contributed by atoms with Gasteiger partial charge in [0.2, 0.25) is 0 Å². The normalized spacial score (nSPS) is 24.3. The summed E-state index contributed by atoms with van der Waals surface area (Å²) in [7, 11) is 2.05. The standard InChI is InChI=1S/C18H26N2O/c1-3-13-8-10-14(11-9-13)17(21)12-18-19-15-6-4-5-7-16(15)20(18)2/h4-7,13-14,17,21H,3,8-12H2,1-2H3. The quantitative estimate of drug-likeness (QED) is 0.930. The number of nitrogens with zero attached hydrogens (tertiary/aromatic N) is 2. The van der Waals surface area contributed by atoms with Crippen LogP contribution in [0.5, 0.6) is 0 Å². The van der Waals surface area contributed by atoms with E-state index in [2.05, 4.69) is 22.5 Å². The molecule has 21 heavy (non-hydrogen) atoms. The van der Waals surface area contributed by atoms with Gasteiger partial charge in [-0.3, -0.25) is 0 Å². The lowest BCUT2D eigenvalue weighted by atomic mass is 9.78. The Morgan fingerprint density at radius 3 is 2.62 bits per heavy atom. The van der Waals surface area contributed by atoms with E-state index < -0.39 is 0 Å². The fraction of sp³-hybridized carbons (Fsp3) is 0.611. The third-order valence-corrected chi connectivity index (χ3v) is 5.28. The van der Waals surface area contributed by atoms with Crippen LogP contribution in [-0.4, -0.2) is 20.8 Å². The molecule has 1 atom stereocenters. The summed E-state index contributed by atoms with van der Waals surface area (Å²) in [6, 6.07) is 8.18. The van der Waals surface area contributed by atoms with Crippen LogP contribution in [0.1, 0.15) is 44.9 Å². The molecule has 1 aromatic carbocycles. The topological polar surface area (TPSA) is 38.1 Å². The number of aryl methyl sites for hydroxylation is 1. The molecule has 0 radical (unpaired) electrons. The van der Waals surface area contributed by atoms with Gasteiger partial charge in [0.25, 0.3) is 0 Å². The number of imidazole rings is 1. The van der Waals surface area contributed by atoms with E-state index >= 15 is 0 Å². The van der Waals surface area contributed by atoms with Crippen molar-refractivity contribution in [3.63, 3.8) is 0 Å². The fourth-order valence-electron chi connectivity index (χ4n) is 3.71. The van der Waals surface area contributed by atoms with Gasteiger partial charge in [-0.25, -0.2) is 4.98 Å². The third kappa shape index (κ3) is 2.98. The van der Waals surface area contributed by atoms with Crippen molar-refractivity contribution in [1.29, 1.82) is 0 Å². The first kappa shape index (κ1) is 14.6. The highest BCUT2D eigenvalue weighted by Gasteiger charge is 2.26. The molecule has 0 bridgehead atoms. The zero-order valence-corrected chi connectivity index (χ0v) is 13.1. The largest absolute Gasteiger partial charge is 0.392 e. The molecular formula is C18H26N2O. The highest BCUT2D eigenvalue weighted by molar-refractivity contribution is 5.75. The van der Waals surface area contributed by atoms with Crippen LogP contribution in [0.2, 0.25) is 0 Å². The lowest BCUT2D eigenvalue weighted by Gasteiger charge is -2.30. The van der Waals surface area contributed by atoms with Gasteiger partial charge in [-0.05, 0) is 36.8 Å². The van der Waals surface area contributed by atoms with Crippen LogP contribution in [0, 0.1) is 11.8 Å². The molecular weight excluding hydrogens is 260 g/mol. The number of benzene rings is 1. The minimum absolute atomic E-state index is 0.252. The molecule has 1 saturated carbocycles. The Morgan fingerprint density at radius 2 is 1.95 bits per heavy atom. The SMILES string of the molecule is CCC1CCC(C(O)Cc2nc3ccccc3n2C)CC1. The second kappa shape index (κ2) is 6.18. The molecule has 1 N–H and O–H groups in total. The van der Waals surface area contributed by atoms with Crippen LogP contribution in [0.4, 0.5) is 0 Å². The zero-order valence-electron chi connectivity index (χ0n) is 13.1. The van der Waals surface area contributed by atoms with E-state index in [-0.39, 0.29) is 6.10 Å². The minimum Gasteiger partial charge on any atom is -0.392 e. The molecule has 0 spiro atoms. The van der Waals surface area contributed by atoms with E-state index in [0.29, 0.717) is 12.3 Å². The molecule has 1 aliphatic carbocycles. The predicted octanol–water partition coefficient (Wildman–Crippen LogP) is 3.69. The second-order valence-corrected chi connectivity index (χ2v) is 6.54. The molecule has 0 saturated heterocycles. The summed E-state index contributed by atoms with van der Waals surface area (Å²) < 4.78 is 2.12. The molecule has 114 valence electrons. The van der Waals surface area contributed by atoms with Crippen LogP contribution in [-0.2, 0) is 13.5 Å². The molecule has 1 heterocycles. The zero-order chi connectivity index (χ0) is 14.8. The number of fused-ring (bicyclic) bond motifs is 1. The van der Waals surface area contributed by atoms with Crippen molar-refractivity contribution in [2.45, 2.75) is 51.6 Å². The van der Waals surface area contributed by atoms with Gasteiger partial charge in [0, 0.05) is 13.5 Å². The first-order chi connectivity index (χ1) is 10.2. The summed E-state index contributed by atoms with van der Waals surface area (Å²) in [6.45, 7) is 2.28. The van der Waals surface area contributed by atoms with E-state index in [1.165, 1.54) is 32.1 Å². The lowest BCUT2D eigenvalue weighted by molar-refractivity contribution is 0.0715. The number of hydrogen-bond donors (Lipinski definition) is 1.